The topological polar surface area (TPSA) is 59.8 Å². The van der Waals surface area contributed by atoms with Crippen LogP contribution in [0.2, 0.25) is 0 Å². The molecule has 0 saturated heterocycles. The van der Waals surface area contributed by atoms with Crippen LogP contribution < -0.4 is 0 Å². The van der Waals surface area contributed by atoms with E-state index in [1.807, 2.05) is 60.7 Å². The fraction of sp³-hybridized carbons (Fsp3) is 0.250. The van der Waals surface area contributed by atoms with Crippen molar-refractivity contribution in [1.29, 1.82) is 0 Å². The number of esters is 1. The Kier molecular flexibility index (Phi) is 5.75. The molecule has 0 bridgehead atoms. The van der Waals surface area contributed by atoms with Crippen molar-refractivity contribution in [2.45, 2.75) is 32.5 Å². The van der Waals surface area contributed by atoms with Gasteiger partial charge in [-0.25, -0.2) is 0 Å². The van der Waals surface area contributed by atoms with E-state index in [0.717, 1.165) is 22.3 Å². The van der Waals surface area contributed by atoms with Gasteiger partial charge in [0, 0.05) is 30.6 Å². The summed E-state index contributed by atoms with van der Waals surface area (Å²) in [5, 5.41) is 0. The molecular weight excluding hydrogens is 366 g/mol. The smallest absolute Gasteiger partial charge is 0.310 e. The molecule has 2 heterocycles. The second kappa shape index (κ2) is 8.78. The number of amides is 1. The first-order valence-electron chi connectivity index (χ1n) is 9.75. The maximum absolute atomic E-state index is 12.9. The highest BCUT2D eigenvalue weighted by Crippen LogP contribution is 2.26. The van der Waals surface area contributed by atoms with Gasteiger partial charge in [-0.05, 0) is 17.5 Å². The third-order valence-corrected chi connectivity index (χ3v) is 5.21. The van der Waals surface area contributed by atoms with Crippen LogP contribution in [0.25, 0.3) is 0 Å². The molecule has 3 aromatic rings. The molecule has 0 spiro atoms. The molecule has 0 N–H and O–H groups in total. The maximum Gasteiger partial charge on any atom is 0.310 e. The summed E-state index contributed by atoms with van der Waals surface area (Å²) in [4.78, 5) is 27.5. The van der Waals surface area contributed by atoms with Crippen molar-refractivity contribution in [2.75, 3.05) is 0 Å². The van der Waals surface area contributed by atoms with E-state index in [4.69, 9.17) is 9.15 Å². The van der Waals surface area contributed by atoms with Gasteiger partial charge in [-0.2, -0.15) is 0 Å². The molecule has 0 aliphatic carbocycles. The average Bonchev–Trinajstić information content (AvgIpc) is 3.35. The Bertz CT molecular complexity index is 944. The normalized spacial score (nSPS) is 13.7. The van der Waals surface area contributed by atoms with Crippen molar-refractivity contribution in [3.8, 4) is 0 Å². The van der Waals surface area contributed by atoms with E-state index < -0.39 is 5.92 Å². The number of rotatable bonds is 7. The summed E-state index contributed by atoms with van der Waals surface area (Å²) in [5.74, 6) is -0.903. The van der Waals surface area contributed by atoms with Gasteiger partial charge in [0.05, 0.1) is 18.4 Å². The summed E-state index contributed by atoms with van der Waals surface area (Å²) in [7, 11) is 0. The third-order valence-electron chi connectivity index (χ3n) is 5.21. The molecule has 148 valence electrons. The minimum Gasteiger partial charge on any atom is -0.472 e. The van der Waals surface area contributed by atoms with E-state index in [1.165, 1.54) is 0 Å². The van der Waals surface area contributed by atoms with E-state index in [0.29, 0.717) is 19.5 Å². The molecule has 5 nitrogen and oxygen atoms in total. The minimum absolute atomic E-state index is 0.0428. The van der Waals surface area contributed by atoms with Crippen LogP contribution in [0.3, 0.4) is 0 Å². The Morgan fingerprint density at radius 2 is 1.48 bits per heavy atom. The van der Waals surface area contributed by atoms with E-state index >= 15 is 0 Å². The van der Waals surface area contributed by atoms with Crippen LogP contribution in [-0.4, -0.2) is 16.8 Å². The highest BCUT2D eigenvalue weighted by molar-refractivity contribution is 5.83. The lowest BCUT2D eigenvalue weighted by molar-refractivity contribution is -0.152. The van der Waals surface area contributed by atoms with Gasteiger partial charge in [0.15, 0.2) is 0 Å². The van der Waals surface area contributed by atoms with Gasteiger partial charge in [0.2, 0.25) is 5.91 Å². The lowest BCUT2D eigenvalue weighted by Gasteiger charge is -2.20. The quantitative estimate of drug-likeness (QED) is 0.571. The zero-order valence-electron chi connectivity index (χ0n) is 16.1. The highest BCUT2D eigenvalue weighted by Gasteiger charge is 2.30. The molecule has 29 heavy (non-hydrogen) atoms. The van der Waals surface area contributed by atoms with Gasteiger partial charge in [-0.3, -0.25) is 9.59 Å². The predicted molar refractivity (Wildman–Crippen MR) is 107 cm³/mol. The first-order chi connectivity index (χ1) is 14.2. The number of furan rings is 1. The van der Waals surface area contributed by atoms with Crippen molar-refractivity contribution in [3.63, 3.8) is 0 Å². The number of carbonyl (C=O) groups is 2. The summed E-state index contributed by atoms with van der Waals surface area (Å²) in [6.07, 6.45) is 3.96. The fourth-order valence-electron chi connectivity index (χ4n) is 3.59. The Morgan fingerprint density at radius 1 is 0.897 bits per heavy atom. The van der Waals surface area contributed by atoms with E-state index in [2.05, 4.69) is 0 Å². The largest absolute Gasteiger partial charge is 0.472 e. The molecule has 0 fully saturated rings. The molecule has 2 aromatic carbocycles. The minimum atomic E-state index is -0.520. The highest BCUT2D eigenvalue weighted by atomic mass is 16.5. The number of fused-ring (bicyclic) bond motifs is 1. The molecule has 0 radical (unpaired) electrons. The zero-order chi connectivity index (χ0) is 20.1. The van der Waals surface area contributed by atoms with Gasteiger partial charge in [0.25, 0.3) is 0 Å². The molecule has 1 amide bonds. The molecule has 1 aliphatic rings. The summed E-state index contributed by atoms with van der Waals surface area (Å²) >= 11 is 0. The summed E-state index contributed by atoms with van der Waals surface area (Å²) in [6, 6.07) is 19.3. The molecule has 4 rings (SSSR count). The Morgan fingerprint density at radius 3 is 2.10 bits per heavy atom. The average molecular weight is 389 g/mol. The zero-order valence-corrected chi connectivity index (χ0v) is 16.1. The van der Waals surface area contributed by atoms with Crippen LogP contribution in [0.5, 0.6) is 0 Å². The number of benzene rings is 2. The second-order valence-corrected chi connectivity index (χ2v) is 7.36. The standard InChI is InChI=1S/C24H23NO4/c26-23(25-13-21-16-28-17-22(21)14-25)12-20(11-18-7-3-1-4-8-18)24(27)29-15-19-9-5-2-6-10-19/h1-10,16-17,20H,11-15H2/t20-/m1/s1. The summed E-state index contributed by atoms with van der Waals surface area (Å²) in [5.41, 5.74) is 4.00. The second-order valence-electron chi connectivity index (χ2n) is 7.36. The van der Waals surface area contributed by atoms with Gasteiger partial charge in [-0.1, -0.05) is 60.7 Å². The van der Waals surface area contributed by atoms with Crippen molar-refractivity contribution in [3.05, 3.63) is 95.4 Å². The van der Waals surface area contributed by atoms with Crippen molar-refractivity contribution >= 4 is 11.9 Å². The molecule has 0 saturated carbocycles. The molecule has 5 heteroatoms. The van der Waals surface area contributed by atoms with Crippen LogP contribution in [-0.2, 0) is 40.4 Å². The summed E-state index contributed by atoms with van der Waals surface area (Å²) < 4.78 is 10.7. The van der Waals surface area contributed by atoms with Gasteiger partial charge < -0.3 is 14.1 Å². The maximum atomic E-state index is 12.9. The summed E-state index contributed by atoms with van der Waals surface area (Å²) in [6.45, 7) is 1.27. The van der Waals surface area contributed by atoms with Crippen LogP contribution >= 0.6 is 0 Å². The first-order valence-corrected chi connectivity index (χ1v) is 9.75. The van der Waals surface area contributed by atoms with Crippen molar-refractivity contribution in [1.82, 2.24) is 4.90 Å². The van der Waals surface area contributed by atoms with Crippen molar-refractivity contribution in [2.24, 2.45) is 5.92 Å². The fourth-order valence-corrected chi connectivity index (χ4v) is 3.59. The number of hydrogen-bond acceptors (Lipinski definition) is 4. The number of nitrogens with zero attached hydrogens (tertiary/aromatic N) is 1. The monoisotopic (exact) mass is 389 g/mol. The Labute approximate surface area is 169 Å². The number of hydrogen-bond donors (Lipinski definition) is 0. The van der Waals surface area contributed by atoms with Crippen LogP contribution in [0.15, 0.2) is 77.6 Å². The van der Waals surface area contributed by atoms with E-state index in [-0.39, 0.29) is 24.9 Å². The lowest BCUT2D eigenvalue weighted by Crippen LogP contribution is -2.31. The molecular formula is C24H23NO4. The van der Waals surface area contributed by atoms with Gasteiger partial charge in [-0.15, -0.1) is 0 Å². The van der Waals surface area contributed by atoms with Crippen LogP contribution in [0, 0.1) is 5.92 Å². The van der Waals surface area contributed by atoms with Gasteiger partial charge >= 0.3 is 5.97 Å². The molecule has 1 atom stereocenters. The lowest BCUT2D eigenvalue weighted by atomic mass is 9.95. The Balaban J connectivity index is 1.42. The SMILES string of the molecule is O=C(OCc1ccccc1)[C@@H](CC(=O)N1Cc2cocc2C1)Cc1ccccc1. The third kappa shape index (κ3) is 4.74. The molecule has 1 aromatic heterocycles. The molecule has 0 unspecified atom stereocenters. The number of ether oxygens (including phenoxy) is 1. The van der Waals surface area contributed by atoms with E-state index in [1.54, 1.807) is 17.4 Å². The van der Waals surface area contributed by atoms with E-state index in [9.17, 15) is 9.59 Å². The van der Waals surface area contributed by atoms with Gasteiger partial charge in [0.1, 0.15) is 6.61 Å². The first kappa shape index (κ1) is 19.0. The van der Waals surface area contributed by atoms with Crippen LogP contribution in [0.4, 0.5) is 0 Å². The molecule has 1 aliphatic heterocycles. The predicted octanol–water partition coefficient (Wildman–Crippen LogP) is 4.11. The van der Waals surface area contributed by atoms with Crippen molar-refractivity contribution < 1.29 is 18.7 Å². The number of carbonyl (C=O) groups excluding carboxylic acids is 2. The van der Waals surface area contributed by atoms with Crippen LogP contribution in [0.1, 0.15) is 28.7 Å². The Hall–Kier alpha value is -3.34.